The Hall–Kier alpha value is -3.13. The molecule has 0 N–H and O–H groups in total. The lowest BCUT2D eigenvalue weighted by Crippen LogP contribution is -2.36. The van der Waals surface area contributed by atoms with Gasteiger partial charge in [0, 0.05) is 4.90 Å². The first-order chi connectivity index (χ1) is 15.9. The first-order valence-electron chi connectivity index (χ1n) is 11.1. The van der Waals surface area contributed by atoms with Crippen molar-refractivity contribution >= 4 is 23.7 Å². The highest BCUT2D eigenvalue weighted by Gasteiger charge is 2.33. The van der Waals surface area contributed by atoms with Gasteiger partial charge in [0.05, 0.1) is 24.0 Å². The molecule has 0 fully saturated rings. The van der Waals surface area contributed by atoms with E-state index >= 15 is 0 Å². The standard InChI is InChI=1S/C26H31N3O4S/c1-18-7-9-19(10-8-18)16-29-21(15-27-28-29)17-32-23(30)20-11-13-22(14-12-20)34-26(5,6)24(31)33-25(2,3)4/h7-15H,16-17H2,1-6H3. The summed E-state index contributed by atoms with van der Waals surface area (Å²) in [5.41, 5.74) is 2.87. The normalized spacial score (nSPS) is 11.8. The fraction of sp³-hybridized carbons (Fsp3) is 0.385. The van der Waals surface area contributed by atoms with Crippen molar-refractivity contribution < 1.29 is 19.1 Å². The van der Waals surface area contributed by atoms with E-state index < -0.39 is 16.3 Å². The molecule has 180 valence electrons. The van der Waals surface area contributed by atoms with Crippen molar-refractivity contribution in [2.75, 3.05) is 0 Å². The molecule has 0 aliphatic heterocycles. The molecule has 0 saturated heterocycles. The Morgan fingerprint density at radius 3 is 2.24 bits per heavy atom. The van der Waals surface area contributed by atoms with Gasteiger partial charge in [0.2, 0.25) is 0 Å². The molecule has 0 atom stereocenters. The number of thioether (sulfide) groups is 1. The predicted molar refractivity (Wildman–Crippen MR) is 132 cm³/mol. The molecular formula is C26H31N3O4S. The number of carbonyl (C=O) groups is 2. The molecule has 0 bridgehead atoms. The molecular weight excluding hydrogens is 450 g/mol. The van der Waals surface area contributed by atoms with Crippen LogP contribution in [0, 0.1) is 6.92 Å². The number of esters is 2. The van der Waals surface area contributed by atoms with E-state index in [1.54, 1.807) is 35.1 Å². The third-order valence-electron chi connectivity index (χ3n) is 4.86. The summed E-state index contributed by atoms with van der Waals surface area (Å²) < 4.78 is 11.9. The van der Waals surface area contributed by atoms with E-state index in [9.17, 15) is 9.59 Å². The Morgan fingerprint density at radius 1 is 0.971 bits per heavy atom. The van der Waals surface area contributed by atoms with Gasteiger partial charge in [-0.25, -0.2) is 9.48 Å². The molecule has 0 amide bonds. The van der Waals surface area contributed by atoms with Crippen molar-refractivity contribution in [2.24, 2.45) is 0 Å². The van der Waals surface area contributed by atoms with Crippen molar-refractivity contribution in [3.05, 3.63) is 77.1 Å². The van der Waals surface area contributed by atoms with Gasteiger partial charge in [0.15, 0.2) is 0 Å². The van der Waals surface area contributed by atoms with E-state index in [4.69, 9.17) is 9.47 Å². The number of benzene rings is 2. The summed E-state index contributed by atoms with van der Waals surface area (Å²) in [6.07, 6.45) is 1.60. The first kappa shape index (κ1) is 25.5. The number of hydrogen-bond acceptors (Lipinski definition) is 7. The highest BCUT2D eigenvalue weighted by Crippen LogP contribution is 2.34. The van der Waals surface area contributed by atoms with Crippen LogP contribution in [0.3, 0.4) is 0 Å². The number of aryl methyl sites for hydroxylation is 1. The summed E-state index contributed by atoms with van der Waals surface area (Å²) in [4.78, 5) is 25.9. The van der Waals surface area contributed by atoms with E-state index in [0.29, 0.717) is 17.8 Å². The van der Waals surface area contributed by atoms with Crippen LogP contribution in [0.25, 0.3) is 0 Å². The zero-order valence-electron chi connectivity index (χ0n) is 20.5. The predicted octanol–water partition coefficient (Wildman–Crippen LogP) is 5.20. The second-order valence-corrected chi connectivity index (χ2v) is 11.3. The number of aromatic nitrogens is 3. The van der Waals surface area contributed by atoms with Gasteiger partial charge in [-0.3, -0.25) is 4.79 Å². The Balaban J connectivity index is 1.57. The van der Waals surface area contributed by atoms with E-state index in [1.807, 2.05) is 65.8 Å². The molecule has 2 aromatic carbocycles. The average molecular weight is 482 g/mol. The van der Waals surface area contributed by atoms with E-state index in [-0.39, 0.29) is 12.6 Å². The highest BCUT2D eigenvalue weighted by atomic mass is 32.2. The third-order valence-corrected chi connectivity index (χ3v) is 6.04. The SMILES string of the molecule is Cc1ccc(Cn2nncc2COC(=O)c2ccc(SC(C)(C)C(=O)OC(C)(C)C)cc2)cc1. The number of ether oxygens (including phenoxy) is 2. The van der Waals surface area contributed by atoms with Crippen LogP contribution in [0.4, 0.5) is 0 Å². The second kappa shape index (κ2) is 10.4. The summed E-state index contributed by atoms with van der Waals surface area (Å²) in [5, 5.41) is 8.05. The molecule has 0 saturated carbocycles. The van der Waals surface area contributed by atoms with E-state index in [2.05, 4.69) is 10.3 Å². The van der Waals surface area contributed by atoms with Crippen molar-refractivity contribution in [2.45, 2.75) is 69.9 Å². The minimum absolute atomic E-state index is 0.0693. The van der Waals surface area contributed by atoms with Crippen LogP contribution in [-0.4, -0.2) is 37.3 Å². The molecule has 34 heavy (non-hydrogen) atoms. The lowest BCUT2D eigenvalue weighted by atomic mass is 10.1. The molecule has 0 aliphatic rings. The fourth-order valence-electron chi connectivity index (χ4n) is 3.01. The van der Waals surface area contributed by atoms with Gasteiger partial charge in [0.1, 0.15) is 17.0 Å². The summed E-state index contributed by atoms with van der Waals surface area (Å²) in [7, 11) is 0. The second-order valence-electron chi connectivity index (χ2n) is 9.58. The van der Waals surface area contributed by atoms with Gasteiger partial charge in [-0.1, -0.05) is 35.0 Å². The molecule has 8 heteroatoms. The van der Waals surface area contributed by atoms with Crippen LogP contribution in [0.5, 0.6) is 0 Å². The van der Waals surface area contributed by atoms with E-state index in [0.717, 1.165) is 10.5 Å². The minimum atomic E-state index is -0.766. The van der Waals surface area contributed by atoms with Crippen molar-refractivity contribution in [1.82, 2.24) is 15.0 Å². The van der Waals surface area contributed by atoms with Crippen LogP contribution in [0.2, 0.25) is 0 Å². The van der Waals surface area contributed by atoms with Gasteiger partial charge < -0.3 is 9.47 Å². The van der Waals surface area contributed by atoms with Crippen LogP contribution in [0.15, 0.2) is 59.6 Å². The lowest BCUT2D eigenvalue weighted by molar-refractivity contribution is -0.156. The van der Waals surface area contributed by atoms with Crippen molar-refractivity contribution in [3.63, 3.8) is 0 Å². The first-order valence-corrected chi connectivity index (χ1v) is 11.9. The highest BCUT2D eigenvalue weighted by molar-refractivity contribution is 8.01. The summed E-state index contributed by atoms with van der Waals surface area (Å²) >= 11 is 1.38. The Kier molecular flexibility index (Phi) is 7.82. The van der Waals surface area contributed by atoms with Crippen LogP contribution in [0.1, 0.15) is 61.8 Å². The quantitative estimate of drug-likeness (QED) is 0.323. The monoisotopic (exact) mass is 481 g/mol. The molecule has 0 radical (unpaired) electrons. The van der Waals surface area contributed by atoms with Crippen LogP contribution in [-0.2, 0) is 27.4 Å². The summed E-state index contributed by atoms with van der Waals surface area (Å²) in [6.45, 7) is 11.8. The van der Waals surface area contributed by atoms with Crippen molar-refractivity contribution in [1.29, 1.82) is 0 Å². The number of nitrogens with zero attached hydrogens (tertiary/aromatic N) is 3. The van der Waals surface area contributed by atoms with E-state index in [1.165, 1.54) is 17.3 Å². The minimum Gasteiger partial charge on any atom is -0.459 e. The molecule has 1 heterocycles. The Morgan fingerprint density at radius 2 is 1.62 bits per heavy atom. The van der Waals surface area contributed by atoms with Gasteiger partial charge in [0.25, 0.3) is 0 Å². The maximum absolute atomic E-state index is 12.6. The number of hydrogen-bond donors (Lipinski definition) is 0. The molecule has 0 aliphatic carbocycles. The smallest absolute Gasteiger partial charge is 0.338 e. The largest absolute Gasteiger partial charge is 0.459 e. The zero-order chi connectivity index (χ0) is 24.9. The molecule has 7 nitrogen and oxygen atoms in total. The maximum Gasteiger partial charge on any atom is 0.338 e. The molecule has 0 spiro atoms. The maximum atomic E-state index is 12.6. The number of rotatable bonds is 8. The molecule has 3 rings (SSSR count). The lowest BCUT2D eigenvalue weighted by Gasteiger charge is -2.28. The van der Waals surface area contributed by atoms with Gasteiger partial charge in [-0.15, -0.1) is 16.9 Å². The summed E-state index contributed by atoms with van der Waals surface area (Å²) in [5.74, 6) is -0.726. The van der Waals surface area contributed by atoms with Crippen LogP contribution >= 0.6 is 11.8 Å². The van der Waals surface area contributed by atoms with Crippen molar-refractivity contribution in [3.8, 4) is 0 Å². The van der Waals surface area contributed by atoms with Crippen LogP contribution < -0.4 is 0 Å². The molecule has 3 aromatic rings. The molecule has 0 unspecified atom stereocenters. The Labute approximate surface area is 204 Å². The Bertz CT molecular complexity index is 1130. The topological polar surface area (TPSA) is 83.3 Å². The van der Waals surface area contributed by atoms with Gasteiger partial charge >= 0.3 is 11.9 Å². The van der Waals surface area contributed by atoms with Gasteiger partial charge in [-0.05, 0) is 71.4 Å². The van der Waals surface area contributed by atoms with Gasteiger partial charge in [-0.2, -0.15) is 0 Å². The average Bonchev–Trinajstić information content (AvgIpc) is 3.19. The molecule has 1 aromatic heterocycles. The fourth-order valence-corrected chi connectivity index (χ4v) is 4.00. The zero-order valence-corrected chi connectivity index (χ0v) is 21.3. The third kappa shape index (κ3) is 7.18. The number of carbonyl (C=O) groups excluding carboxylic acids is 2. The summed E-state index contributed by atoms with van der Waals surface area (Å²) in [6, 6.07) is 15.2.